The van der Waals surface area contributed by atoms with Gasteiger partial charge < -0.3 is 4.74 Å². The van der Waals surface area contributed by atoms with Crippen molar-refractivity contribution in [2.45, 2.75) is 31.8 Å². The van der Waals surface area contributed by atoms with Gasteiger partial charge >= 0.3 is 0 Å². The van der Waals surface area contributed by atoms with Crippen molar-refractivity contribution in [1.82, 2.24) is 35.4 Å². The van der Waals surface area contributed by atoms with Gasteiger partial charge in [-0.2, -0.15) is 10.3 Å². The highest BCUT2D eigenvalue weighted by molar-refractivity contribution is 5.77. The molecule has 136 valence electrons. The van der Waals surface area contributed by atoms with Gasteiger partial charge in [0.1, 0.15) is 0 Å². The summed E-state index contributed by atoms with van der Waals surface area (Å²) < 4.78 is 7.68. The van der Waals surface area contributed by atoms with E-state index in [-0.39, 0.29) is 0 Å². The van der Waals surface area contributed by atoms with Crippen LogP contribution in [0.3, 0.4) is 0 Å². The van der Waals surface area contributed by atoms with Crippen LogP contribution in [0, 0.1) is 0 Å². The zero-order valence-electron chi connectivity index (χ0n) is 14.7. The van der Waals surface area contributed by atoms with Crippen molar-refractivity contribution in [3.8, 4) is 17.1 Å². The average molecular weight is 361 g/mol. The highest BCUT2D eigenvalue weighted by Gasteiger charge is 2.17. The minimum Gasteiger partial charge on any atom is -0.378 e. The van der Waals surface area contributed by atoms with Crippen LogP contribution in [0.4, 0.5) is 0 Å². The number of ether oxygens (including phenoxy) is 1. The van der Waals surface area contributed by atoms with E-state index >= 15 is 0 Å². The van der Waals surface area contributed by atoms with Crippen molar-refractivity contribution in [2.75, 3.05) is 6.61 Å². The summed E-state index contributed by atoms with van der Waals surface area (Å²) in [4.78, 5) is 4.63. The van der Waals surface area contributed by atoms with Crippen molar-refractivity contribution in [2.24, 2.45) is 0 Å². The van der Waals surface area contributed by atoms with Crippen LogP contribution in [0.25, 0.3) is 28.1 Å². The molecule has 1 aromatic carbocycles. The van der Waals surface area contributed by atoms with Gasteiger partial charge in [0, 0.05) is 17.1 Å². The quantitative estimate of drug-likeness (QED) is 0.567. The molecule has 0 radical (unpaired) electrons. The summed E-state index contributed by atoms with van der Waals surface area (Å²) in [5.74, 6) is 0.568. The highest BCUT2D eigenvalue weighted by Crippen LogP contribution is 2.23. The summed E-state index contributed by atoms with van der Waals surface area (Å²) in [5, 5.41) is 19.6. The molecule has 1 N–H and O–H groups in total. The molecule has 27 heavy (non-hydrogen) atoms. The van der Waals surface area contributed by atoms with Gasteiger partial charge in [0.15, 0.2) is 5.65 Å². The monoisotopic (exact) mass is 361 g/mol. The normalized spacial score (nSPS) is 14.5. The van der Waals surface area contributed by atoms with Crippen molar-refractivity contribution < 1.29 is 4.74 Å². The Balaban J connectivity index is 1.34. The predicted octanol–water partition coefficient (Wildman–Crippen LogP) is 2.71. The SMILES string of the molecule is c1nc2c(cnn2-c2ccc(-c3nn[nH]n3)cc2)cc1CCOC1CCC1. The van der Waals surface area contributed by atoms with Gasteiger partial charge in [0.2, 0.25) is 5.82 Å². The Morgan fingerprint density at radius 1 is 1.15 bits per heavy atom. The first kappa shape index (κ1) is 16.1. The number of nitrogens with zero attached hydrogens (tertiary/aromatic N) is 6. The lowest BCUT2D eigenvalue weighted by atomic mass is 9.96. The fourth-order valence-electron chi connectivity index (χ4n) is 3.21. The molecule has 0 spiro atoms. The van der Waals surface area contributed by atoms with Crippen LogP contribution in [0.2, 0.25) is 0 Å². The van der Waals surface area contributed by atoms with E-state index in [1.807, 2.05) is 41.3 Å². The van der Waals surface area contributed by atoms with Crippen molar-refractivity contribution >= 4 is 11.0 Å². The number of pyridine rings is 1. The first-order valence-electron chi connectivity index (χ1n) is 9.15. The molecule has 1 saturated carbocycles. The molecule has 4 aromatic rings. The molecule has 0 amide bonds. The second-order valence-corrected chi connectivity index (χ2v) is 6.77. The summed E-state index contributed by atoms with van der Waals surface area (Å²) in [5.41, 5.74) is 3.84. The third kappa shape index (κ3) is 3.19. The molecule has 0 bridgehead atoms. The zero-order valence-corrected chi connectivity index (χ0v) is 14.7. The lowest BCUT2D eigenvalue weighted by Gasteiger charge is -2.25. The lowest BCUT2D eigenvalue weighted by Crippen LogP contribution is -2.22. The Morgan fingerprint density at radius 3 is 2.78 bits per heavy atom. The molecule has 0 aliphatic heterocycles. The number of hydrogen-bond acceptors (Lipinski definition) is 6. The van der Waals surface area contributed by atoms with E-state index in [1.165, 1.54) is 24.8 Å². The number of fused-ring (bicyclic) bond motifs is 1. The summed E-state index contributed by atoms with van der Waals surface area (Å²) in [6, 6.07) is 9.98. The number of H-pyrrole nitrogens is 1. The Hall–Kier alpha value is -3.13. The largest absolute Gasteiger partial charge is 0.378 e. The molecule has 0 atom stereocenters. The van der Waals surface area contributed by atoms with Crippen LogP contribution >= 0.6 is 0 Å². The topological polar surface area (TPSA) is 94.4 Å². The van der Waals surface area contributed by atoms with Crippen LogP contribution in [0.15, 0.2) is 42.7 Å². The summed E-state index contributed by atoms with van der Waals surface area (Å²) in [6.07, 6.45) is 8.83. The number of benzene rings is 1. The maximum Gasteiger partial charge on any atom is 0.204 e. The number of rotatable bonds is 6. The fourth-order valence-corrected chi connectivity index (χ4v) is 3.21. The van der Waals surface area contributed by atoms with Gasteiger partial charge in [-0.25, -0.2) is 9.67 Å². The standard InChI is InChI=1S/C19H19N7O/c1-2-17(3-1)27-9-8-13-10-15-12-21-26(19(15)20-11-13)16-6-4-14(5-7-16)18-22-24-25-23-18/h4-7,10-12,17H,1-3,8-9H2,(H,22,23,24,25). The molecule has 3 heterocycles. The van der Waals surface area contributed by atoms with Gasteiger partial charge in [-0.05, 0) is 66.8 Å². The van der Waals surface area contributed by atoms with E-state index in [2.05, 4.69) is 36.8 Å². The highest BCUT2D eigenvalue weighted by atomic mass is 16.5. The van der Waals surface area contributed by atoms with Crippen LogP contribution in [-0.2, 0) is 11.2 Å². The first-order chi connectivity index (χ1) is 13.4. The fraction of sp³-hybridized carbons (Fsp3) is 0.316. The first-order valence-corrected chi connectivity index (χ1v) is 9.15. The molecule has 8 heteroatoms. The van der Waals surface area contributed by atoms with Gasteiger partial charge in [0.25, 0.3) is 0 Å². The van der Waals surface area contributed by atoms with Gasteiger partial charge in [-0.15, -0.1) is 10.2 Å². The predicted molar refractivity (Wildman–Crippen MR) is 99.3 cm³/mol. The number of hydrogen-bond donors (Lipinski definition) is 1. The maximum absolute atomic E-state index is 5.84. The van der Waals surface area contributed by atoms with Crippen LogP contribution in [0.1, 0.15) is 24.8 Å². The molecular weight excluding hydrogens is 342 g/mol. The smallest absolute Gasteiger partial charge is 0.204 e. The molecular formula is C19H19N7O. The second kappa shape index (κ2) is 6.88. The minimum atomic E-state index is 0.472. The molecule has 8 nitrogen and oxygen atoms in total. The number of aromatic amines is 1. The van der Waals surface area contributed by atoms with E-state index in [1.54, 1.807) is 0 Å². The average Bonchev–Trinajstić information content (AvgIpc) is 3.33. The molecule has 3 aromatic heterocycles. The third-order valence-corrected chi connectivity index (χ3v) is 4.98. The van der Waals surface area contributed by atoms with E-state index in [9.17, 15) is 0 Å². The molecule has 1 aliphatic rings. The molecule has 0 unspecified atom stereocenters. The Kier molecular flexibility index (Phi) is 4.10. The maximum atomic E-state index is 5.84. The minimum absolute atomic E-state index is 0.472. The summed E-state index contributed by atoms with van der Waals surface area (Å²) in [7, 11) is 0. The molecule has 1 fully saturated rings. The lowest BCUT2D eigenvalue weighted by molar-refractivity contribution is 0.00412. The van der Waals surface area contributed by atoms with Gasteiger partial charge in [0.05, 0.1) is 24.6 Å². The van der Waals surface area contributed by atoms with E-state index < -0.39 is 0 Å². The number of aromatic nitrogens is 7. The van der Waals surface area contributed by atoms with Crippen LogP contribution in [-0.4, -0.2) is 48.1 Å². The van der Waals surface area contributed by atoms with Gasteiger partial charge in [-0.1, -0.05) is 0 Å². The summed E-state index contributed by atoms with van der Waals surface area (Å²) in [6.45, 7) is 0.754. The van der Waals surface area contributed by atoms with E-state index in [0.29, 0.717) is 11.9 Å². The van der Waals surface area contributed by atoms with Crippen LogP contribution < -0.4 is 0 Å². The van der Waals surface area contributed by atoms with E-state index in [4.69, 9.17) is 4.74 Å². The van der Waals surface area contributed by atoms with Crippen LogP contribution in [0.5, 0.6) is 0 Å². The summed E-state index contributed by atoms with van der Waals surface area (Å²) >= 11 is 0. The molecule has 1 aliphatic carbocycles. The Bertz CT molecular complexity index is 1040. The Labute approximate surface area is 155 Å². The second-order valence-electron chi connectivity index (χ2n) is 6.77. The number of tetrazole rings is 1. The van der Waals surface area contributed by atoms with Gasteiger partial charge in [-0.3, -0.25) is 0 Å². The Morgan fingerprint density at radius 2 is 2.04 bits per heavy atom. The third-order valence-electron chi connectivity index (χ3n) is 4.98. The van der Waals surface area contributed by atoms with Crippen molar-refractivity contribution in [3.05, 3.63) is 48.3 Å². The van der Waals surface area contributed by atoms with Crippen molar-refractivity contribution in [1.29, 1.82) is 0 Å². The zero-order chi connectivity index (χ0) is 18.1. The number of nitrogens with one attached hydrogen (secondary N) is 1. The van der Waals surface area contributed by atoms with E-state index in [0.717, 1.165) is 35.3 Å². The molecule has 5 rings (SSSR count). The molecule has 0 saturated heterocycles. The van der Waals surface area contributed by atoms with Crippen molar-refractivity contribution in [3.63, 3.8) is 0 Å².